The molecule has 1 amide bonds. The first-order valence-corrected chi connectivity index (χ1v) is 8.37. The molecule has 20 heavy (non-hydrogen) atoms. The van der Waals surface area contributed by atoms with Crippen molar-refractivity contribution in [3.63, 3.8) is 0 Å². The first-order chi connectivity index (χ1) is 9.38. The van der Waals surface area contributed by atoms with E-state index in [1.165, 1.54) is 12.5 Å². The number of anilines is 1. The van der Waals surface area contributed by atoms with Crippen molar-refractivity contribution in [2.24, 2.45) is 11.1 Å². The summed E-state index contributed by atoms with van der Waals surface area (Å²) in [6, 6.07) is 4.77. The van der Waals surface area contributed by atoms with Crippen molar-refractivity contribution in [3.8, 4) is 0 Å². The van der Waals surface area contributed by atoms with Crippen molar-refractivity contribution in [1.29, 1.82) is 0 Å². The van der Waals surface area contributed by atoms with Gasteiger partial charge in [0.25, 0.3) is 0 Å². The van der Waals surface area contributed by atoms with Gasteiger partial charge in [0, 0.05) is 11.6 Å². The van der Waals surface area contributed by atoms with E-state index in [-0.39, 0.29) is 16.7 Å². The van der Waals surface area contributed by atoms with E-state index < -0.39 is 10.0 Å². The molecule has 0 radical (unpaired) electrons. The Morgan fingerprint density at radius 1 is 1.25 bits per heavy atom. The molecule has 0 atom stereocenters. The van der Waals surface area contributed by atoms with Gasteiger partial charge in [-0.15, -0.1) is 0 Å². The molecule has 1 fully saturated rings. The Morgan fingerprint density at radius 2 is 1.90 bits per heavy atom. The fraction of sp³-hybridized carbons (Fsp3) is 0.500. The molecule has 1 aromatic rings. The average Bonchev–Trinajstić information content (AvgIpc) is 2.40. The van der Waals surface area contributed by atoms with Gasteiger partial charge in [-0.05, 0) is 37.5 Å². The first kappa shape index (κ1) is 15.0. The van der Waals surface area contributed by atoms with E-state index in [1.807, 2.05) is 0 Å². The molecule has 0 saturated heterocycles. The molecule has 1 aromatic carbocycles. The van der Waals surface area contributed by atoms with Gasteiger partial charge in [0.1, 0.15) is 0 Å². The molecule has 1 aliphatic carbocycles. The number of benzene rings is 1. The summed E-state index contributed by atoms with van der Waals surface area (Å²) in [5.41, 5.74) is 1.05. The average molecular weight is 296 g/mol. The second-order valence-corrected chi connectivity index (χ2v) is 6.88. The summed E-state index contributed by atoms with van der Waals surface area (Å²) in [6.45, 7) is 1.67. The van der Waals surface area contributed by atoms with Crippen LogP contribution in [-0.2, 0) is 14.8 Å². The maximum absolute atomic E-state index is 12.1. The third-order valence-corrected chi connectivity index (χ3v) is 4.79. The Labute approximate surface area is 119 Å². The minimum absolute atomic E-state index is 0.0305. The van der Waals surface area contributed by atoms with Gasteiger partial charge in [-0.1, -0.05) is 25.3 Å². The molecule has 0 spiro atoms. The zero-order valence-corrected chi connectivity index (χ0v) is 12.4. The van der Waals surface area contributed by atoms with Crippen LogP contribution in [0.1, 0.15) is 37.7 Å². The number of carbonyl (C=O) groups excluding carboxylic acids is 1. The normalized spacial score (nSPS) is 16.9. The number of hydrogen-bond donors (Lipinski definition) is 2. The number of nitrogens with one attached hydrogen (secondary N) is 1. The predicted molar refractivity (Wildman–Crippen MR) is 77.8 cm³/mol. The number of nitrogens with two attached hydrogens (primary N) is 1. The zero-order valence-electron chi connectivity index (χ0n) is 11.6. The van der Waals surface area contributed by atoms with Crippen LogP contribution in [-0.4, -0.2) is 14.3 Å². The largest absolute Gasteiger partial charge is 0.326 e. The highest BCUT2D eigenvalue weighted by molar-refractivity contribution is 7.89. The monoisotopic (exact) mass is 296 g/mol. The molecule has 0 bridgehead atoms. The molecule has 110 valence electrons. The number of amides is 1. The Balaban J connectivity index is 2.15. The molecule has 3 N–H and O–H groups in total. The van der Waals surface area contributed by atoms with Crippen LogP contribution in [0.3, 0.4) is 0 Å². The Bertz CT molecular complexity index is 605. The third-order valence-electron chi connectivity index (χ3n) is 3.74. The lowest BCUT2D eigenvalue weighted by molar-refractivity contribution is -0.120. The SMILES string of the molecule is Cc1ccc(NC(=O)C2CCCCC2)cc1S(N)(=O)=O. The summed E-state index contributed by atoms with van der Waals surface area (Å²) in [5.74, 6) is -0.00286. The lowest BCUT2D eigenvalue weighted by atomic mass is 9.88. The summed E-state index contributed by atoms with van der Waals surface area (Å²) >= 11 is 0. The van der Waals surface area contributed by atoms with E-state index in [2.05, 4.69) is 5.32 Å². The van der Waals surface area contributed by atoms with Crippen molar-refractivity contribution in [1.82, 2.24) is 0 Å². The topological polar surface area (TPSA) is 89.3 Å². The number of primary sulfonamides is 1. The van der Waals surface area contributed by atoms with Gasteiger partial charge < -0.3 is 5.32 Å². The quantitative estimate of drug-likeness (QED) is 0.895. The van der Waals surface area contributed by atoms with Gasteiger partial charge in [0.05, 0.1) is 4.90 Å². The van der Waals surface area contributed by atoms with Crippen molar-refractivity contribution >= 4 is 21.6 Å². The standard InChI is InChI=1S/C14H20N2O3S/c1-10-7-8-12(9-13(10)20(15,18)19)16-14(17)11-5-3-2-4-6-11/h7-9,11H,2-6H2,1H3,(H,16,17)(H2,15,18,19). The van der Waals surface area contributed by atoms with E-state index in [0.717, 1.165) is 25.7 Å². The highest BCUT2D eigenvalue weighted by atomic mass is 32.2. The Hall–Kier alpha value is -1.40. The summed E-state index contributed by atoms with van der Waals surface area (Å²) in [6.07, 6.45) is 5.15. The lowest BCUT2D eigenvalue weighted by Crippen LogP contribution is -2.25. The van der Waals surface area contributed by atoms with Crippen LogP contribution in [0.2, 0.25) is 0 Å². The minimum Gasteiger partial charge on any atom is -0.326 e. The van der Waals surface area contributed by atoms with Crippen LogP contribution < -0.4 is 10.5 Å². The first-order valence-electron chi connectivity index (χ1n) is 6.82. The smallest absolute Gasteiger partial charge is 0.238 e. The molecule has 0 aromatic heterocycles. The molecule has 0 heterocycles. The fourth-order valence-electron chi connectivity index (χ4n) is 2.59. The Kier molecular flexibility index (Phi) is 4.45. The molecule has 0 unspecified atom stereocenters. The summed E-state index contributed by atoms with van der Waals surface area (Å²) < 4.78 is 22.9. The van der Waals surface area contributed by atoms with Crippen LogP contribution in [0.15, 0.2) is 23.1 Å². The molecule has 6 heteroatoms. The third kappa shape index (κ3) is 3.58. The highest BCUT2D eigenvalue weighted by Crippen LogP contribution is 2.26. The van der Waals surface area contributed by atoms with Crippen molar-refractivity contribution < 1.29 is 13.2 Å². The second kappa shape index (κ2) is 5.93. The van der Waals surface area contributed by atoms with Crippen LogP contribution >= 0.6 is 0 Å². The zero-order chi connectivity index (χ0) is 14.8. The highest BCUT2D eigenvalue weighted by Gasteiger charge is 2.21. The Morgan fingerprint density at radius 3 is 2.50 bits per heavy atom. The molecule has 1 saturated carbocycles. The molecule has 0 aliphatic heterocycles. The van der Waals surface area contributed by atoms with Crippen LogP contribution in [0, 0.1) is 12.8 Å². The van der Waals surface area contributed by atoms with Gasteiger partial charge in [0.2, 0.25) is 15.9 Å². The van der Waals surface area contributed by atoms with Crippen molar-refractivity contribution in [2.75, 3.05) is 5.32 Å². The number of hydrogen-bond acceptors (Lipinski definition) is 3. The van der Waals surface area contributed by atoms with E-state index in [9.17, 15) is 13.2 Å². The summed E-state index contributed by atoms with van der Waals surface area (Å²) in [7, 11) is -3.77. The van der Waals surface area contributed by atoms with E-state index >= 15 is 0 Å². The second-order valence-electron chi connectivity index (χ2n) is 5.35. The van der Waals surface area contributed by atoms with Crippen molar-refractivity contribution in [2.45, 2.75) is 43.9 Å². The van der Waals surface area contributed by atoms with Gasteiger partial charge in [-0.3, -0.25) is 4.79 Å². The van der Waals surface area contributed by atoms with E-state index in [0.29, 0.717) is 11.3 Å². The maximum atomic E-state index is 12.1. The predicted octanol–water partition coefficient (Wildman–Crippen LogP) is 2.16. The summed E-state index contributed by atoms with van der Waals surface area (Å²) in [4.78, 5) is 12.2. The number of carbonyl (C=O) groups is 1. The fourth-order valence-corrected chi connectivity index (χ4v) is 3.40. The van der Waals surface area contributed by atoms with Crippen LogP contribution in [0.5, 0.6) is 0 Å². The summed E-state index contributed by atoms with van der Waals surface area (Å²) in [5, 5.41) is 7.95. The molecular formula is C14H20N2O3S. The molecule has 1 aliphatic rings. The number of rotatable bonds is 3. The van der Waals surface area contributed by atoms with Crippen LogP contribution in [0.4, 0.5) is 5.69 Å². The minimum atomic E-state index is -3.77. The lowest BCUT2D eigenvalue weighted by Gasteiger charge is -2.21. The number of sulfonamides is 1. The molecule has 2 rings (SSSR count). The van der Waals surface area contributed by atoms with Gasteiger partial charge in [-0.25, -0.2) is 13.6 Å². The van der Waals surface area contributed by atoms with Gasteiger partial charge in [0.15, 0.2) is 0 Å². The van der Waals surface area contributed by atoms with E-state index in [1.54, 1.807) is 19.1 Å². The molecular weight excluding hydrogens is 276 g/mol. The van der Waals surface area contributed by atoms with Gasteiger partial charge >= 0.3 is 0 Å². The van der Waals surface area contributed by atoms with Gasteiger partial charge in [-0.2, -0.15) is 0 Å². The number of aryl methyl sites for hydroxylation is 1. The van der Waals surface area contributed by atoms with Crippen molar-refractivity contribution in [3.05, 3.63) is 23.8 Å². The molecule has 5 nitrogen and oxygen atoms in total. The maximum Gasteiger partial charge on any atom is 0.238 e. The van der Waals surface area contributed by atoms with Crippen LogP contribution in [0.25, 0.3) is 0 Å². The van der Waals surface area contributed by atoms with E-state index in [4.69, 9.17) is 5.14 Å².